The second kappa shape index (κ2) is 4.81. The fourth-order valence-electron chi connectivity index (χ4n) is 1.79. The van der Waals surface area contributed by atoms with Crippen LogP contribution in [-0.4, -0.2) is 26.2 Å². The lowest BCUT2D eigenvalue weighted by Crippen LogP contribution is -2.27. The van der Waals surface area contributed by atoms with Crippen molar-refractivity contribution in [3.8, 4) is 0 Å². The Morgan fingerprint density at radius 3 is 2.93 bits per heavy atom. The molecule has 0 unspecified atom stereocenters. The summed E-state index contributed by atoms with van der Waals surface area (Å²) in [6, 6.07) is 4.99. The third-order valence-corrected chi connectivity index (χ3v) is 2.91. The fraction of sp³-hybridized carbons (Fsp3) is 0.455. The van der Waals surface area contributed by atoms with Crippen LogP contribution in [-0.2, 0) is 0 Å². The number of halogens is 2. The Morgan fingerprint density at radius 2 is 2.13 bits per heavy atom. The topological polar surface area (TPSA) is 15.3 Å². The average Bonchev–Trinajstić information content (AvgIpc) is 2.50. The van der Waals surface area contributed by atoms with Gasteiger partial charge in [0.25, 0.3) is 0 Å². The molecule has 1 aromatic carbocycles. The van der Waals surface area contributed by atoms with Gasteiger partial charge in [-0.05, 0) is 31.2 Å². The summed E-state index contributed by atoms with van der Waals surface area (Å²) in [7, 11) is 0. The molecule has 15 heavy (non-hydrogen) atoms. The zero-order valence-corrected chi connectivity index (χ0v) is 9.23. The van der Waals surface area contributed by atoms with Crippen molar-refractivity contribution in [2.75, 3.05) is 31.1 Å². The lowest BCUT2D eigenvalue weighted by Gasteiger charge is -2.22. The molecule has 1 heterocycles. The predicted octanol–water partition coefficient (Wildman–Crippen LogP) is 2.28. The molecule has 1 aromatic rings. The molecule has 1 aliphatic heterocycles. The Morgan fingerprint density at radius 1 is 1.27 bits per heavy atom. The smallest absolute Gasteiger partial charge is 0.143 e. The van der Waals surface area contributed by atoms with Crippen molar-refractivity contribution in [3.63, 3.8) is 0 Å². The highest BCUT2D eigenvalue weighted by molar-refractivity contribution is 6.30. The standard InChI is InChI=1S/C11H14ClFN2/c12-10-3-2-9(8-11(10)13)15-6-1-4-14-5-7-15/h2-3,8,14H,1,4-7H2. The third-order valence-electron chi connectivity index (χ3n) is 2.61. The predicted molar refractivity (Wildman–Crippen MR) is 61.1 cm³/mol. The Hall–Kier alpha value is -0.800. The lowest BCUT2D eigenvalue weighted by atomic mass is 10.2. The first kappa shape index (κ1) is 10.7. The minimum atomic E-state index is -0.341. The molecule has 0 aliphatic carbocycles. The van der Waals surface area contributed by atoms with Gasteiger partial charge in [-0.3, -0.25) is 0 Å². The number of hydrogen-bond acceptors (Lipinski definition) is 2. The Kier molecular flexibility index (Phi) is 3.44. The van der Waals surface area contributed by atoms with E-state index in [4.69, 9.17) is 11.6 Å². The van der Waals surface area contributed by atoms with Crippen LogP contribution in [0.25, 0.3) is 0 Å². The highest BCUT2D eigenvalue weighted by Crippen LogP contribution is 2.22. The molecule has 0 saturated carbocycles. The molecule has 0 spiro atoms. The van der Waals surface area contributed by atoms with E-state index in [1.165, 1.54) is 6.07 Å². The van der Waals surface area contributed by atoms with Crippen LogP contribution in [0.15, 0.2) is 18.2 Å². The SMILES string of the molecule is Fc1cc(N2CCCNCC2)ccc1Cl. The van der Waals surface area contributed by atoms with Crippen LogP contribution in [0.1, 0.15) is 6.42 Å². The largest absolute Gasteiger partial charge is 0.370 e. The molecule has 2 nitrogen and oxygen atoms in total. The highest BCUT2D eigenvalue weighted by atomic mass is 35.5. The highest BCUT2D eigenvalue weighted by Gasteiger charge is 2.10. The van der Waals surface area contributed by atoms with Gasteiger partial charge < -0.3 is 10.2 Å². The van der Waals surface area contributed by atoms with E-state index in [-0.39, 0.29) is 10.8 Å². The van der Waals surface area contributed by atoms with Crippen LogP contribution in [0.5, 0.6) is 0 Å². The van der Waals surface area contributed by atoms with Gasteiger partial charge in [0.1, 0.15) is 5.82 Å². The normalized spacial score (nSPS) is 17.6. The first-order valence-corrected chi connectivity index (χ1v) is 5.56. The molecule has 0 aromatic heterocycles. The van der Waals surface area contributed by atoms with Gasteiger partial charge in [-0.15, -0.1) is 0 Å². The zero-order chi connectivity index (χ0) is 10.7. The van der Waals surface area contributed by atoms with E-state index in [0.29, 0.717) is 0 Å². The van der Waals surface area contributed by atoms with Gasteiger partial charge in [0.15, 0.2) is 0 Å². The van der Waals surface area contributed by atoms with Gasteiger partial charge in [-0.2, -0.15) is 0 Å². The summed E-state index contributed by atoms with van der Waals surface area (Å²) in [5.74, 6) is -0.341. The number of nitrogens with zero attached hydrogens (tertiary/aromatic N) is 1. The van der Waals surface area contributed by atoms with Gasteiger partial charge in [0.05, 0.1) is 5.02 Å². The summed E-state index contributed by atoms with van der Waals surface area (Å²) in [6.07, 6.45) is 1.09. The van der Waals surface area contributed by atoms with Crippen molar-refractivity contribution in [1.29, 1.82) is 0 Å². The number of hydrogen-bond donors (Lipinski definition) is 1. The number of nitrogens with one attached hydrogen (secondary N) is 1. The van der Waals surface area contributed by atoms with Crippen LogP contribution >= 0.6 is 11.6 Å². The van der Waals surface area contributed by atoms with Crippen molar-refractivity contribution in [2.45, 2.75) is 6.42 Å². The molecule has 4 heteroatoms. The van der Waals surface area contributed by atoms with E-state index in [1.807, 2.05) is 6.07 Å². The molecule has 0 atom stereocenters. The number of benzene rings is 1. The maximum Gasteiger partial charge on any atom is 0.143 e. The quantitative estimate of drug-likeness (QED) is 0.794. The second-order valence-corrected chi connectivity index (χ2v) is 4.10. The number of anilines is 1. The van der Waals surface area contributed by atoms with Crippen molar-refractivity contribution in [3.05, 3.63) is 29.0 Å². The summed E-state index contributed by atoms with van der Waals surface area (Å²) >= 11 is 5.65. The molecule has 0 radical (unpaired) electrons. The molecule has 2 rings (SSSR count). The summed E-state index contributed by atoms with van der Waals surface area (Å²) < 4.78 is 13.3. The van der Waals surface area contributed by atoms with E-state index in [1.54, 1.807) is 6.07 Å². The van der Waals surface area contributed by atoms with Crippen molar-refractivity contribution >= 4 is 17.3 Å². The molecule has 1 fully saturated rings. The fourth-order valence-corrected chi connectivity index (χ4v) is 1.90. The average molecular weight is 229 g/mol. The molecule has 0 bridgehead atoms. The van der Waals surface area contributed by atoms with E-state index in [2.05, 4.69) is 10.2 Å². The van der Waals surface area contributed by atoms with Crippen LogP contribution in [0.2, 0.25) is 5.02 Å². The molecule has 0 amide bonds. The first-order chi connectivity index (χ1) is 7.27. The Balaban J connectivity index is 2.16. The molecule has 1 saturated heterocycles. The zero-order valence-electron chi connectivity index (χ0n) is 8.47. The summed E-state index contributed by atoms with van der Waals surface area (Å²) in [6.45, 7) is 3.87. The van der Waals surface area contributed by atoms with Crippen LogP contribution in [0.3, 0.4) is 0 Å². The van der Waals surface area contributed by atoms with E-state index in [9.17, 15) is 4.39 Å². The molecule has 1 aliphatic rings. The van der Waals surface area contributed by atoms with Crippen molar-refractivity contribution < 1.29 is 4.39 Å². The minimum Gasteiger partial charge on any atom is -0.370 e. The second-order valence-electron chi connectivity index (χ2n) is 3.69. The van der Waals surface area contributed by atoms with Crippen molar-refractivity contribution in [2.24, 2.45) is 0 Å². The maximum atomic E-state index is 13.3. The van der Waals surface area contributed by atoms with Crippen LogP contribution in [0.4, 0.5) is 10.1 Å². The molecule has 1 N–H and O–H groups in total. The lowest BCUT2D eigenvalue weighted by molar-refractivity contribution is 0.627. The van der Waals surface area contributed by atoms with E-state index < -0.39 is 0 Å². The summed E-state index contributed by atoms with van der Waals surface area (Å²) in [5, 5.41) is 3.50. The minimum absolute atomic E-state index is 0.187. The Labute approximate surface area is 94.0 Å². The van der Waals surface area contributed by atoms with E-state index in [0.717, 1.165) is 38.3 Å². The third kappa shape index (κ3) is 2.61. The first-order valence-electron chi connectivity index (χ1n) is 5.18. The summed E-state index contributed by atoms with van der Waals surface area (Å²) in [5.41, 5.74) is 0.917. The van der Waals surface area contributed by atoms with Gasteiger partial charge in [0.2, 0.25) is 0 Å². The Bertz CT molecular complexity index is 335. The van der Waals surface area contributed by atoms with Crippen LogP contribution in [0, 0.1) is 5.82 Å². The monoisotopic (exact) mass is 228 g/mol. The molecular formula is C11H14ClFN2. The van der Waals surface area contributed by atoms with E-state index >= 15 is 0 Å². The van der Waals surface area contributed by atoms with Gasteiger partial charge >= 0.3 is 0 Å². The number of rotatable bonds is 1. The van der Waals surface area contributed by atoms with Crippen molar-refractivity contribution in [1.82, 2.24) is 5.32 Å². The van der Waals surface area contributed by atoms with Gasteiger partial charge in [0, 0.05) is 25.3 Å². The van der Waals surface area contributed by atoms with Gasteiger partial charge in [-0.25, -0.2) is 4.39 Å². The molecular weight excluding hydrogens is 215 g/mol. The maximum absolute atomic E-state index is 13.3. The van der Waals surface area contributed by atoms with Crippen LogP contribution < -0.4 is 10.2 Å². The molecule has 82 valence electrons. The summed E-state index contributed by atoms with van der Waals surface area (Å²) in [4.78, 5) is 2.18. The van der Waals surface area contributed by atoms with Gasteiger partial charge in [-0.1, -0.05) is 11.6 Å².